The molecule has 3 aromatic rings. The zero-order valence-corrected chi connectivity index (χ0v) is 15.7. The van der Waals surface area contributed by atoms with E-state index in [2.05, 4.69) is 25.7 Å². The fraction of sp³-hybridized carbons (Fsp3) is 0.211. The molecule has 28 heavy (non-hydrogen) atoms. The van der Waals surface area contributed by atoms with Crippen LogP contribution in [-0.2, 0) is 16.1 Å². The molecule has 144 valence electrons. The first-order valence-electron chi connectivity index (χ1n) is 8.61. The number of anilines is 1. The van der Waals surface area contributed by atoms with Crippen molar-refractivity contribution < 1.29 is 9.59 Å². The predicted octanol–water partition coefficient (Wildman–Crippen LogP) is 1.14. The first-order valence-corrected chi connectivity index (χ1v) is 8.61. The van der Waals surface area contributed by atoms with Gasteiger partial charge in [-0.15, -0.1) is 0 Å². The second-order valence-electron chi connectivity index (χ2n) is 6.42. The van der Waals surface area contributed by atoms with Gasteiger partial charge in [0.05, 0.1) is 5.69 Å². The largest absolute Gasteiger partial charge is 0.344 e. The molecule has 9 nitrogen and oxygen atoms in total. The van der Waals surface area contributed by atoms with Crippen molar-refractivity contribution in [1.82, 2.24) is 25.1 Å². The number of H-pyrrole nitrogens is 1. The molecule has 0 spiro atoms. The number of nitrogens with zero attached hydrogens (tertiary/aromatic N) is 3. The van der Waals surface area contributed by atoms with E-state index in [9.17, 15) is 14.4 Å². The number of carbonyl (C=O) groups is 2. The van der Waals surface area contributed by atoms with Crippen molar-refractivity contribution >= 4 is 17.6 Å². The maximum absolute atomic E-state index is 12.3. The predicted molar refractivity (Wildman–Crippen MR) is 103 cm³/mol. The molecule has 2 aromatic heterocycles. The minimum atomic E-state index is -0.844. The molecule has 0 bridgehead atoms. The van der Waals surface area contributed by atoms with Crippen molar-refractivity contribution in [2.45, 2.75) is 27.3 Å². The van der Waals surface area contributed by atoms with Gasteiger partial charge in [0, 0.05) is 24.4 Å². The molecule has 0 aliphatic heterocycles. The van der Waals surface area contributed by atoms with Crippen LogP contribution in [0.25, 0.3) is 5.95 Å². The number of hydrogen-bond donors (Lipinski definition) is 3. The summed E-state index contributed by atoms with van der Waals surface area (Å²) in [6, 6.07) is 10.5. The molecule has 0 saturated carbocycles. The second-order valence-corrected chi connectivity index (χ2v) is 6.42. The van der Waals surface area contributed by atoms with E-state index in [0.717, 1.165) is 11.1 Å². The number of aromatic amines is 1. The summed E-state index contributed by atoms with van der Waals surface area (Å²) >= 11 is 0. The van der Waals surface area contributed by atoms with Gasteiger partial charge in [0.1, 0.15) is 5.82 Å². The topological polar surface area (TPSA) is 122 Å². The SMILES string of the molecule is Cc1ccc(CNC(=O)C(=O)Nc2cc(C)nn2-c2nc(C)cc(=O)[nH]2)cc1. The van der Waals surface area contributed by atoms with E-state index in [1.165, 1.54) is 10.7 Å². The lowest BCUT2D eigenvalue weighted by atomic mass is 10.1. The van der Waals surface area contributed by atoms with Crippen molar-refractivity contribution in [3.8, 4) is 5.95 Å². The van der Waals surface area contributed by atoms with Crippen LogP contribution in [0.15, 0.2) is 41.2 Å². The zero-order valence-electron chi connectivity index (χ0n) is 15.7. The Kier molecular flexibility index (Phi) is 5.35. The van der Waals surface area contributed by atoms with Crippen molar-refractivity contribution in [2.24, 2.45) is 0 Å². The third-order valence-electron chi connectivity index (χ3n) is 3.91. The third kappa shape index (κ3) is 4.50. The van der Waals surface area contributed by atoms with E-state index in [1.54, 1.807) is 19.9 Å². The van der Waals surface area contributed by atoms with E-state index in [4.69, 9.17) is 0 Å². The lowest BCUT2D eigenvalue weighted by molar-refractivity contribution is -0.136. The summed E-state index contributed by atoms with van der Waals surface area (Å²) in [6.07, 6.45) is 0. The highest BCUT2D eigenvalue weighted by Crippen LogP contribution is 2.13. The van der Waals surface area contributed by atoms with E-state index >= 15 is 0 Å². The molecule has 9 heteroatoms. The van der Waals surface area contributed by atoms with Crippen LogP contribution in [0.5, 0.6) is 0 Å². The van der Waals surface area contributed by atoms with Gasteiger partial charge in [-0.1, -0.05) is 29.8 Å². The highest BCUT2D eigenvalue weighted by Gasteiger charge is 2.18. The molecule has 2 amide bonds. The Labute approximate surface area is 160 Å². The van der Waals surface area contributed by atoms with Crippen LogP contribution in [0.2, 0.25) is 0 Å². The Balaban J connectivity index is 1.72. The summed E-state index contributed by atoms with van der Waals surface area (Å²) in [5.74, 6) is -1.25. The standard InChI is InChI=1S/C19H20N6O3/c1-11-4-6-14(7-5-11)10-20-17(27)18(28)22-15-8-13(3)24-25(15)19-21-12(2)9-16(26)23-19/h4-9H,10H2,1-3H3,(H,20,27)(H,22,28)(H,21,23,26). The number of aryl methyl sites for hydroxylation is 3. The third-order valence-corrected chi connectivity index (χ3v) is 3.91. The van der Waals surface area contributed by atoms with Crippen molar-refractivity contribution in [3.63, 3.8) is 0 Å². The van der Waals surface area contributed by atoms with Crippen molar-refractivity contribution in [1.29, 1.82) is 0 Å². The Morgan fingerprint density at radius 1 is 1.04 bits per heavy atom. The second kappa shape index (κ2) is 7.87. The summed E-state index contributed by atoms with van der Waals surface area (Å²) in [4.78, 5) is 42.8. The molecule has 3 N–H and O–H groups in total. The summed E-state index contributed by atoms with van der Waals surface area (Å²) in [5.41, 5.74) is 2.73. The normalized spacial score (nSPS) is 10.5. The number of benzene rings is 1. The first kappa shape index (κ1) is 19.0. The van der Waals surface area contributed by atoms with Crippen molar-refractivity contribution in [3.05, 3.63) is 69.3 Å². The van der Waals surface area contributed by atoms with E-state index in [1.807, 2.05) is 31.2 Å². The molecule has 0 atom stereocenters. The molecule has 3 rings (SSSR count). The molecule has 0 radical (unpaired) electrons. The summed E-state index contributed by atoms with van der Waals surface area (Å²) in [5, 5.41) is 9.28. The lowest BCUT2D eigenvalue weighted by Gasteiger charge is -2.09. The average molecular weight is 380 g/mol. The Hall–Kier alpha value is -3.75. The van der Waals surface area contributed by atoms with Crippen LogP contribution in [0, 0.1) is 20.8 Å². The Morgan fingerprint density at radius 2 is 1.75 bits per heavy atom. The molecule has 0 unspecified atom stereocenters. The number of rotatable bonds is 4. The van der Waals surface area contributed by atoms with Crippen molar-refractivity contribution in [2.75, 3.05) is 5.32 Å². The van der Waals surface area contributed by atoms with E-state index < -0.39 is 11.8 Å². The first-order chi connectivity index (χ1) is 13.3. The summed E-state index contributed by atoms with van der Waals surface area (Å²) < 4.78 is 1.27. The quantitative estimate of drug-likeness (QED) is 0.586. The Morgan fingerprint density at radius 3 is 2.43 bits per heavy atom. The van der Waals surface area contributed by atoms with Gasteiger partial charge in [-0.2, -0.15) is 9.78 Å². The van der Waals surface area contributed by atoms with Crippen LogP contribution >= 0.6 is 0 Å². The molecular weight excluding hydrogens is 360 g/mol. The van der Waals surface area contributed by atoms with Gasteiger partial charge in [0.25, 0.3) is 5.56 Å². The maximum Gasteiger partial charge on any atom is 0.314 e. The van der Waals surface area contributed by atoms with Crippen LogP contribution in [-0.4, -0.2) is 31.6 Å². The fourth-order valence-corrected chi connectivity index (χ4v) is 2.56. The van der Waals surface area contributed by atoms with Gasteiger partial charge in [0.2, 0.25) is 5.95 Å². The maximum atomic E-state index is 12.3. The monoisotopic (exact) mass is 380 g/mol. The minimum absolute atomic E-state index is 0.147. The molecule has 2 heterocycles. The number of amides is 2. The van der Waals surface area contributed by atoms with Gasteiger partial charge < -0.3 is 10.6 Å². The number of hydrogen-bond acceptors (Lipinski definition) is 5. The van der Waals surface area contributed by atoms with Crippen LogP contribution in [0.4, 0.5) is 5.82 Å². The molecule has 0 saturated heterocycles. The molecule has 0 aliphatic rings. The lowest BCUT2D eigenvalue weighted by Crippen LogP contribution is -2.35. The highest BCUT2D eigenvalue weighted by molar-refractivity contribution is 6.39. The number of aromatic nitrogens is 4. The Bertz CT molecular complexity index is 1080. The summed E-state index contributed by atoms with van der Waals surface area (Å²) in [7, 11) is 0. The molecule has 0 fully saturated rings. The number of carbonyl (C=O) groups excluding carboxylic acids is 2. The highest BCUT2D eigenvalue weighted by atomic mass is 16.2. The fourth-order valence-electron chi connectivity index (χ4n) is 2.56. The van der Waals surface area contributed by atoms with Gasteiger partial charge in [-0.25, -0.2) is 4.98 Å². The zero-order chi connectivity index (χ0) is 20.3. The van der Waals surface area contributed by atoms with Gasteiger partial charge in [-0.3, -0.25) is 19.4 Å². The molecular formula is C19H20N6O3. The summed E-state index contributed by atoms with van der Waals surface area (Å²) in [6.45, 7) is 5.60. The van der Waals surface area contributed by atoms with E-state index in [-0.39, 0.29) is 23.9 Å². The molecule has 1 aromatic carbocycles. The number of nitrogens with one attached hydrogen (secondary N) is 3. The van der Waals surface area contributed by atoms with Crippen LogP contribution in [0.3, 0.4) is 0 Å². The van der Waals surface area contributed by atoms with E-state index in [0.29, 0.717) is 11.4 Å². The molecule has 0 aliphatic carbocycles. The van der Waals surface area contributed by atoms with Gasteiger partial charge >= 0.3 is 11.8 Å². The van der Waals surface area contributed by atoms with Crippen LogP contribution in [0.1, 0.15) is 22.5 Å². The van der Waals surface area contributed by atoms with Crippen LogP contribution < -0.4 is 16.2 Å². The van der Waals surface area contributed by atoms with Gasteiger partial charge in [-0.05, 0) is 26.3 Å². The smallest absolute Gasteiger partial charge is 0.314 e. The minimum Gasteiger partial charge on any atom is -0.344 e. The average Bonchev–Trinajstić information content (AvgIpc) is 3.00. The van der Waals surface area contributed by atoms with Gasteiger partial charge in [0.15, 0.2) is 0 Å².